The average molecular weight is 196 g/mol. The number of rotatable bonds is 6. The van der Waals surface area contributed by atoms with Crippen molar-refractivity contribution in [2.75, 3.05) is 27.0 Å². The van der Waals surface area contributed by atoms with Crippen molar-refractivity contribution in [1.29, 1.82) is 0 Å². The summed E-state index contributed by atoms with van der Waals surface area (Å²) in [5.74, 6) is 0.142. The summed E-state index contributed by atoms with van der Waals surface area (Å²) in [6.45, 7) is 1.99. The first-order chi connectivity index (χ1) is 5.58. The van der Waals surface area contributed by atoms with Crippen LogP contribution in [0.3, 0.4) is 0 Å². The van der Waals surface area contributed by atoms with Crippen LogP contribution in [0.5, 0.6) is 0 Å². The Morgan fingerprint density at radius 1 is 1.42 bits per heavy atom. The van der Waals surface area contributed by atoms with Crippen molar-refractivity contribution in [3.63, 3.8) is 0 Å². The van der Waals surface area contributed by atoms with Gasteiger partial charge in [0, 0.05) is 20.8 Å². The third-order valence-corrected chi connectivity index (χ3v) is 3.68. The highest BCUT2D eigenvalue weighted by molar-refractivity contribution is 7.53. The summed E-state index contributed by atoms with van der Waals surface area (Å²) >= 11 is 0. The van der Waals surface area contributed by atoms with Crippen LogP contribution in [0.25, 0.3) is 0 Å². The quantitative estimate of drug-likeness (QED) is 0.654. The van der Waals surface area contributed by atoms with Crippen molar-refractivity contribution < 1.29 is 18.7 Å². The van der Waals surface area contributed by atoms with E-state index in [1.54, 1.807) is 0 Å². The van der Waals surface area contributed by atoms with Gasteiger partial charge in [0.2, 0.25) is 0 Å². The van der Waals surface area contributed by atoms with Crippen LogP contribution in [0.15, 0.2) is 0 Å². The Hall–Kier alpha value is 0.110. The standard InChI is InChI=1S/C7H17O4P/c1-7(6-8)4-5-12(9,10-2)11-3/h7-8H,4-6H2,1-3H3. The third kappa shape index (κ3) is 4.21. The van der Waals surface area contributed by atoms with E-state index in [1.165, 1.54) is 14.2 Å². The molecule has 12 heavy (non-hydrogen) atoms. The Kier molecular flexibility index (Phi) is 5.76. The molecule has 0 aromatic rings. The maximum Gasteiger partial charge on any atom is 0.330 e. The van der Waals surface area contributed by atoms with Gasteiger partial charge >= 0.3 is 7.60 Å². The molecule has 1 atom stereocenters. The smallest absolute Gasteiger partial charge is 0.330 e. The molecule has 0 aliphatic carbocycles. The minimum Gasteiger partial charge on any atom is -0.396 e. The van der Waals surface area contributed by atoms with Crippen LogP contribution < -0.4 is 0 Å². The molecule has 4 nitrogen and oxygen atoms in total. The molecule has 1 unspecified atom stereocenters. The third-order valence-electron chi connectivity index (χ3n) is 1.76. The number of aliphatic hydroxyl groups excluding tert-OH is 1. The monoisotopic (exact) mass is 196 g/mol. The van der Waals surface area contributed by atoms with Gasteiger partial charge in [-0.1, -0.05) is 6.92 Å². The molecule has 74 valence electrons. The number of hydrogen-bond donors (Lipinski definition) is 1. The Labute approximate surface area is 73.4 Å². The lowest BCUT2D eigenvalue weighted by molar-refractivity contribution is 0.228. The normalized spacial score (nSPS) is 14.7. The van der Waals surface area contributed by atoms with Gasteiger partial charge in [0.15, 0.2) is 0 Å². The highest BCUT2D eigenvalue weighted by atomic mass is 31.2. The van der Waals surface area contributed by atoms with E-state index in [4.69, 9.17) is 14.2 Å². The molecule has 0 bridgehead atoms. The summed E-state index contributed by atoms with van der Waals surface area (Å²) in [7, 11) is -0.121. The van der Waals surface area contributed by atoms with Gasteiger partial charge in [-0.05, 0) is 12.3 Å². The predicted molar refractivity (Wildman–Crippen MR) is 47.4 cm³/mol. The maximum atomic E-state index is 11.4. The van der Waals surface area contributed by atoms with E-state index in [1.807, 2.05) is 6.92 Å². The van der Waals surface area contributed by atoms with Crippen LogP contribution in [0.2, 0.25) is 0 Å². The van der Waals surface area contributed by atoms with E-state index < -0.39 is 7.60 Å². The second-order valence-electron chi connectivity index (χ2n) is 2.78. The first-order valence-corrected chi connectivity index (χ1v) is 5.62. The minimum atomic E-state index is -2.86. The SMILES string of the molecule is COP(=O)(CCC(C)CO)OC. The minimum absolute atomic E-state index is 0.105. The topological polar surface area (TPSA) is 55.8 Å². The molecule has 0 aliphatic rings. The van der Waals surface area contributed by atoms with E-state index in [2.05, 4.69) is 0 Å². The Morgan fingerprint density at radius 3 is 2.25 bits per heavy atom. The van der Waals surface area contributed by atoms with E-state index >= 15 is 0 Å². The van der Waals surface area contributed by atoms with E-state index in [0.29, 0.717) is 12.6 Å². The van der Waals surface area contributed by atoms with Crippen molar-refractivity contribution in [3.05, 3.63) is 0 Å². The lowest BCUT2D eigenvalue weighted by Crippen LogP contribution is -2.05. The van der Waals surface area contributed by atoms with Crippen LogP contribution in [-0.2, 0) is 13.6 Å². The van der Waals surface area contributed by atoms with Crippen molar-refractivity contribution in [1.82, 2.24) is 0 Å². The highest BCUT2D eigenvalue weighted by Crippen LogP contribution is 2.47. The molecule has 0 heterocycles. The van der Waals surface area contributed by atoms with Gasteiger partial charge in [-0.25, -0.2) is 0 Å². The molecule has 0 saturated carbocycles. The zero-order chi connectivity index (χ0) is 9.61. The van der Waals surface area contributed by atoms with Gasteiger partial charge < -0.3 is 14.2 Å². The predicted octanol–water partition coefficient (Wildman–Crippen LogP) is 1.49. The molecular weight excluding hydrogens is 179 g/mol. The van der Waals surface area contributed by atoms with Crippen molar-refractivity contribution in [2.24, 2.45) is 5.92 Å². The van der Waals surface area contributed by atoms with E-state index in [0.717, 1.165) is 0 Å². The fourth-order valence-corrected chi connectivity index (χ4v) is 2.00. The molecule has 0 aromatic heterocycles. The van der Waals surface area contributed by atoms with Gasteiger partial charge in [0.05, 0.1) is 6.16 Å². The van der Waals surface area contributed by atoms with Crippen molar-refractivity contribution in [3.8, 4) is 0 Å². The van der Waals surface area contributed by atoms with Crippen LogP contribution in [0, 0.1) is 5.92 Å². The summed E-state index contributed by atoms with van der Waals surface area (Å²) in [5, 5.41) is 8.71. The van der Waals surface area contributed by atoms with Crippen molar-refractivity contribution in [2.45, 2.75) is 13.3 Å². The van der Waals surface area contributed by atoms with Crippen LogP contribution >= 0.6 is 7.60 Å². The molecule has 5 heteroatoms. The summed E-state index contributed by atoms with van der Waals surface area (Å²) in [6, 6.07) is 0. The second kappa shape index (κ2) is 5.70. The zero-order valence-corrected chi connectivity index (χ0v) is 8.71. The maximum absolute atomic E-state index is 11.4. The van der Waals surface area contributed by atoms with E-state index in [-0.39, 0.29) is 12.5 Å². The van der Waals surface area contributed by atoms with Crippen LogP contribution in [0.1, 0.15) is 13.3 Å². The Bertz CT molecular complexity index is 151. The number of hydrogen-bond acceptors (Lipinski definition) is 4. The fraction of sp³-hybridized carbons (Fsp3) is 1.00. The van der Waals surface area contributed by atoms with E-state index in [9.17, 15) is 4.57 Å². The molecular formula is C7H17O4P. The van der Waals surface area contributed by atoms with Crippen LogP contribution in [-0.4, -0.2) is 32.1 Å². The van der Waals surface area contributed by atoms with Gasteiger partial charge in [-0.3, -0.25) is 4.57 Å². The molecule has 0 radical (unpaired) electrons. The zero-order valence-electron chi connectivity index (χ0n) is 7.82. The van der Waals surface area contributed by atoms with Gasteiger partial charge in [-0.2, -0.15) is 0 Å². The lowest BCUT2D eigenvalue weighted by atomic mass is 10.1. The summed E-state index contributed by atoms with van der Waals surface area (Å²) in [6.07, 6.45) is 1.01. The molecule has 0 amide bonds. The molecule has 0 rings (SSSR count). The van der Waals surface area contributed by atoms with Gasteiger partial charge in [0.1, 0.15) is 0 Å². The number of aliphatic hydroxyl groups is 1. The Balaban J connectivity index is 3.81. The highest BCUT2D eigenvalue weighted by Gasteiger charge is 2.21. The molecule has 1 N–H and O–H groups in total. The summed E-state index contributed by atoms with van der Waals surface area (Å²) < 4.78 is 20.9. The summed E-state index contributed by atoms with van der Waals surface area (Å²) in [4.78, 5) is 0. The summed E-state index contributed by atoms with van der Waals surface area (Å²) in [5.41, 5.74) is 0. The average Bonchev–Trinajstić information content (AvgIpc) is 2.13. The Morgan fingerprint density at radius 2 is 1.92 bits per heavy atom. The fourth-order valence-electron chi connectivity index (χ4n) is 0.727. The molecule has 0 aromatic carbocycles. The van der Waals surface area contributed by atoms with Gasteiger partial charge in [-0.15, -0.1) is 0 Å². The lowest BCUT2D eigenvalue weighted by Gasteiger charge is -2.14. The first-order valence-electron chi connectivity index (χ1n) is 3.89. The van der Waals surface area contributed by atoms with Gasteiger partial charge in [0.25, 0.3) is 0 Å². The van der Waals surface area contributed by atoms with Crippen LogP contribution in [0.4, 0.5) is 0 Å². The second-order valence-corrected chi connectivity index (χ2v) is 5.18. The first kappa shape index (κ1) is 12.1. The molecule has 0 saturated heterocycles. The molecule has 0 spiro atoms. The largest absolute Gasteiger partial charge is 0.396 e. The molecule has 0 aliphatic heterocycles. The van der Waals surface area contributed by atoms with Crippen molar-refractivity contribution >= 4 is 7.60 Å². The molecule has 0 fully saturated rings.